The summed E-state index contributed by atoms with van der Waals surface area (Å²) in [5.41, 5.74) is 12.1. The van der Waals surface area contributed by atoms with Gasteiger partial charge in [-0.15, -0.1) is 11.8 Å². The van der Waals surface area contributed by atoms with E-state index in [0.29, 0.717) is 11.6 Å². The van der Waals surface area contributed by atoms with Crippen molar-refractivity contribution < 1.29 is 0 Å². The molecule has 88 valence electrons. The number of nitrogen functional groups attached to an aromatic ring is 2. The van der Waals surface area contributed by atoms with E-state index in [9.17, 15) is 0 Å². The smallest absolute Gasteiger partial charge is 0.223 e. The van der Waals surface area contributed by atoms with Crippen LogP contribution >= 0.6 is 11.8 Å². The number of nitrogens with zero attached hydrogens (tertiary/aromatic N) is 2. The third kappa shape index (κ3) is 2.79. The standard InChI is InChI=1S/C11H13N5S/c1-17-8-5-3-2-4-7(8)14-10-6-9(12)15-11(13)16-10/h2-6H,1H3,(H5,12,13,14,15,16). The fraction of sp³-hybridized carbons (Fsp3) is 0.0909. The summed E-state index contributed by atoms with van der Waals surface area (Å²) in [7, 11) is 0. The summed E-state index contributed by atoms with van der Waals surface area (Å²) >= 11 is 1.65. The lowest BCUT2D eigenvalue weighted by atomic mass is 10.3. The SMILES string of the molecule is CSc1ccccc1Nc1cc(N)nc(N)n1. The van der Waals surface area contributed by atoms with E-state index < -0.39 is 0 Å². The molecular formula is C11H13N5S. The topological polar surface area (TPSA) is 89.8 Å². The van der Waals surface area contributed by atoms with Crippen LogP contribution in [0.1, 0.15) is 0 Å². The van der Waals surface area contributed by atoms with Crippen LogP contribution in [0.2, 0.25) is 0 Å². The quantitative estimate of drug-likeness (QED) is 0.720. The summed E-state index contributed by atoms with van der Waals surface area (Å²) < 4.78 is 0. The first-order valence-corrected chi connectivity index (χ1v) is 6.21. The van der Waals surface area contributed by atoms with E-state index in [1.165, 1.54) is 0 Å². The van der Waals surface area contributed by atoms with Gasteiger partial charge in [0.15, 0.2) is 0 Å². The van der Waals surface area contributed by atoms with E-state index in [4.69, 9.17) is 11.5 Å². The Kier molecular flexibility index (Phi) is 3.34. The van der Waals surface area contributed by atoms with E-state index in [1.54, 1.807) is 17.8 Å². The number of rotatable bonds is 3. The van der Waals surface area contributed by atoms with Crippen LogP contribution in [0.5, 0.6) is 0 Å². The molecule has 5 N–H and O–H groups in total. The van der Waals surface area contributed by atoms with Crippen LogP contribution in [0.4, 0.5) is 23.3 Å². The van der Waals surface area contributed by atoms with Crippen molar-refractivity contribution in [3.63, 3.8) is 0 Å². The molecule has 0 aliphatic carbocycles. The van der Waals surface area contributed by atoms with Crippen molar-refractivity contribution in [2.24, 2.45) is 0 Å². The van der Waals surface area contributed by atoms with Crippen molar-refractivity contribution in [3.8, 4) is 0 Å². The van der Waals surface area contributed by atoms with Crippen LogP contribution in [0.15, 0.2) is 35.2 Å². The third-order valence-corrected chi connectivity index (χ3v) is 2.93. The maximum atomic E-state index is 5.61. The molecule has 0 fully saturated rings. The van der Waals surface area contributed by atoms with Crippen LogP contribution in [0.3, 0.4) is 0 Å². The predicted molar refractivity (Wildman–Crippen MR) is 72.4 cm³/mol. The Balaban J connectivity index is 2.31. The minimum absolute atomic E-state index is 0.161. The number of hydrogen-bond acceptors (Lipinski definition) is 6. The molecule has 0 unspecified atom stereocenters. The number of nitrogens with one attached hydrogen (secondary N) is 1. The van der Waals surface area contributed by atoms with Crippen molar-refractivity contribution >= 4 is 35.0 Å². The van der Waals surface area contributed by atoms with Crippen molar-refractivity contribution in [2.75, 3.05) is 23.0 Å². The fourth-order valence-electron chi connectivity index (χ4n) is 1.44. The predicted octanol–water partition coefficient (Wildman–Crippen LogP) is 2.11. The molecule has 6 heteroatoms. The first-order chi connectivity index (χ1) is 8.19. The molecule has 0 bridgehead atoms. The second-order valence-corrected chi connectivity index (χ2v) is 4.21. The highest BCUT2D eigenvalue weighted by atomic mass is 32.2. The summed E-state index contributed by atoms with van der Waals surface area (Å²) in [5, 5.41) is 3.17. The first-order valence-electron chi connectivity index (χ1n) is 4.99. The molecule has 0 saturated heterocycles. The maximum Gasteiger partial charge on any atom is 0.223 e. The highest BCUT2D eigenvalue weighted by Crippen LogP contribution is 2.27. The molecule has 17 heavy (non-hydrogen) atoms. The summed E-state index contributed by atoms with van der Waals surface area (Å²) in [6, 6.07) is 9.59. The van der Waals surface area contributed by atoms with Crippen molar-refractivity contribution in [3.05, 3.63) is 30.3 Å². The molecular weight excluding hydrogens is 234 g/mol. The van der Waals surface area contributed by atoms with Gasteiger partial charge in [-0.25, -0.2) is 0 Å². The second kappa shape index (κ2) is 4.92. The van der Waals surface area contributed by atoms with Gasteiger partial charge in [0.25, 0.3) is 0 Å². The number of benzene rings is 1. The highest BCUT2D eigenvalue weighted by Gasteiger charge is 2.03. The van der Waals surface area contributed by atoms with Gasteiger partial charge in [0, 0.05) is 11.0 Å². The molecule has 0 aliphatic rings. The van der Waals surface area contributed by atoms with Crippen LogP contribution in [0, 0.1) is 0 Å². The Morgan fingerprint density at radius 1 is 1.18 bits per heavy atom. The van der Waals surface area contributed by atoms with Gasteiger partial charge in [-0.3, -0.25) is 0 Å². The molecule has 0 aliphatic heterocycles. The minimum atomic E-state index is 0.161. The lowest BCUT2D eigenvalue weighted by Crippen LogP contribution is -2.03. The normalized spacial score (nSPS) is 10.2. The molecule has 0 spiro atoms. The number of aromatic nitrogens is 2. The molecule has 0 amide bonds. The van der Waals surface area contributed by atoms with Crippen molar-refractivity contribution in [1.29, 1.82) is 0 Å². The maximum absolute atomic E-state index is 5.61. The Hall–Kier alpha value is -1.95. The lowest BCUT2D eigenvalue weighted by molar-refractivity contribution is 1.19. The van der Waals surface area contributed by atoms with E-state index in [-0.39, 0.29) is 5.95 Å². The Bertz CT molecular complexity index is 509. The summed E-state index contributed by atoms with van der Waals surface area (Å²) in [5.74, 6) is 1.10. The molecule has 2 rings (SSSR count). The van der Waals surface area contributed by atoms with Crippen molar-refractivity contribution in [2.45, 2.75) is 4.90 Å². The largest absolute Gasteiger partial charge is 0.383 e. The number of para-hydroxylation sites is 1. The van der Waals surface area contributed by atoms with Crippen LogP contribution < -0.4 is 16.8 Å². The lowest BCUT2D eigenvalue weighted by Gasteiger charge is -2.10. The van der Waals surface area contributed by atoms with Crippen LogP contribution in [0.25, 0.3) is 0 Å². The van der Waals surface area contributed by atoms with Gasteiger partial charge in [0.1, 0.15) is 11.6 Å². The highest BCUT2D eigenvalue weighted by molar-refractivity contribution is 7.98. The fourth-order valence-corrected chi connectivity index (χ4v) is 1.99. The Labute approximate surface area is 104 Å². The second-order valence-electron chi connectivity index (χ2n) is 3.36. The van der Waals surface area contributed by atoms with Crippen molar-refractivity contribution in [1.82, 2.24) is 9.97 Å². The molecule has 0 saturated carbocycles. The summed E-state index contributed by atoms with van der Waals surface area (Å²) in [6.07, 6.45) is 2.02. The van der Waals surface area contributed by atoms with E-state index in [2.05, 4.69) is 15.3 Å². The zero-order valence-electron chi connectivity index (χ0n) is 9.34. The van der Waals surface area contributed by atoms with Gasteiger partial charge >= 0.3 is 0 Å². The molecule has 1 aromatic heterocycles. The molecule has 5 nitrogen and oxygen atoms in total. The van der Waals surface area contributed by atoms with Gasteiger partial charge in [0.2, 0.25) is 5.95 Å². The Morgan fingerprint density at radius 2 is 1.94 bits per heavy atom. The number of nitrogens with two attached hydrogens (primary N) is 2. The van der Waals surface area contributed by atoms with Gasteiger partial charge < -0.3 is 16.8 Å². The van der Waals surface area contributed by atoms with Gasteiger partial charge in [-0.05, 0) is 18.4 Å². The summed E-state index contributed by atoms with van der Waals surface area (Å²) in [4.78, 5) is 9.02. The summed E-state index contributed by atoms with van der Waals surface area (Å²) in [6.45, 7) is 0. The number of anilines is 4. The van der Waals surface area contributed by atoms with Gasteiger partial charge in [-0.1, -0.05) is 12.1 Å². The first kappa shape index (κ1) is 11.5. The monoisotopic (exact) mass is 247 g/mol. The van der Waals surface area contributed by atoms with Gasteiger partial charge in [-0.2, -0.15) is 9.97 Å². The minimum Gasteiger partial charge on any atom is -0.383 e. The van der Waals surface area contributed by atoms with Crippen LogP contribution in [-0.2, 0) is 0 Å². The molecule has 1 aromatic carbocycles. The Morgan fingerprint density at radius 3 is 2.65 bits per heavy atom. The number of hydrogen-bond donors (Lipinski definition) is 3. The van der Waals surface area contributed by atoms with E-state index >= 15 is 0 Å². The molecule has 0 atom stereocenters. The van der Waals surface area contributed by atoms with Gasteiger partial charge in [0.05, 0.1) is 5.69 Å². The zero-order chi connectivity index (χ0) is 12.3. The van der Waals surface area contributed by atoms with E-state index in [1.807, 2.05) is 30.5 Å². The molecule has 0 radical (unpaired) electrons. The molecule has 1 heterocycles. The zero-order valence-corrected chi connectivity index (χ0v) is 10.2. The van der Waals surface area contributed by atoms with E-state index in [0.717, 1.165) is 10.6 Å². The average molecular weight is 247 g/mol. The van der Waals surface area contributed by atoms with Crippen LogP contribution in [-0.4, -0.2) is 16.2 Å². The molecule has 2 aromatic rings. The average Bonchev–Trinajstić information content (AvgIpc) is 2.28. The number of thioether (sulfide) groups is 1. The third-order valence-electron chi connectivity index (χ3n) is 2.13.